The number of aromatic nitrogens is 4. The zero-order chi connectivity index (χ0) is 16.1. The molecule has 0 aromatic carbocycles. The molecule has 2 aromatic heterocycles. The van der Waals surface area contributed by atoms with Gasteiger partial charge in [-0.15, -0.1) is 0 Å². The molecular formula is C16H21N5O2. The number of aryl methyl sites for hydroxylation is 1. The van der Waals surface area contributed by atoms with Crippen LogP contribution in [-0.2, 0) is 22.6 Å². The van der Waals surface area contributed by atoms with Crippen molar-refractivity contribution in [3.05, 3.63) is 41.7 Å². The van der Waals surface area contributed by atoms with Crippen LogP contribution in [0.15, 0.2) is 24.8 Å². The second-order valence-electron chi connectivity index (χ2n) is 5.80. The quantitative estimate of drug-likeness (QED) is 0.905. The molecule has 1 unspecified atom stereocenters. The molecule has 1 N–H and O–H groups in total. The lowest BCUT2D eigenvalue weighted by Gasteiger charge is -2.21. The Bertz CT molecular complexity index is 647. The van der Waals surface area contributed by atoms with Crippen molar-refractivity contribution in [3.63, 3.8) is 0 Å². The number of ether oxygens (including phenoxy) is 1. The minimum absolute atomic E-state index is 0.00967. The van der Waals surface area contributed by atoms with Crippen molar-refractivity contribution in [3.8, 4) is 0 Å². The Morgan fingerprint density at radius 1 is 1.35 bits per heavy atom. The second kappa shape index (κ2) is 7.32. The Labute approximate surface area is 135 Å². The molecule has 0 bridgehead atoms. The average Bonchev–Trinajstić information content (AvgIpc) is 2.99. The minimum atomic E-state index is -0.0900. The van der Waals surface area contributed by atoms with Crippen molar-refractivity contribution in [1.82, 2.24) is 25.1 Å². The van der Waals surface area contributed by atoms with E-state index in [9.17, 15) is 4.79 Å². The Kier molecular flexibility index (Phi) is 4.97. The normalized spacial score (nSPS) is 17.9. The van der Waals surface area contributed by atoms with Crippen LogP contribution in [0.25, 0.3) is 0 Å². The third kappa shape index (κ3) is 4.35. The van der Waals surface area contributed by atoms with E-state index in [2.05, 4.69) is 20.4 Å². The largest absolute Gasteiger partial charge is 0.370 e. The van der Waals surface area contributed by atoms with Crippen LogP contribution >= 0.6 is 0 Å². The third-order valence-electron chi connectivity index (χ3n) is 3.75. The molecule has 7 heteroatoms. The lowest BCUT2D eigenvalue weighted by Crippen LogP contribution is -2.27. The summed E-state index contributed by atoms with van der Waals surface area (Å²) in [6.45, 7) is 3.34. The second-order valence-corrected chi connectivity index (χ2v) is 5.80. The van der Waals surface area contributed by atoms with Crippen LogP contribution in [-0.4, -0.2) is 32.3 Å². The lowest BCUT2D eigenvalue weighted by atomic mass is 10.1. The number of rotatable bonds is 5. The maximum absolute atomic E-state index is 11.9. The van der Waals surface area contributed by atoms with Gasteiger partial charge in [-0.25, -0.2) is 9.97 Å². The Balaban J connectivity index is 1.49. The highest BCUT2D eigenvalue weighted by atomic mass is 16.5. The molecule has 1 fully saturated rings. The summed E-state index contributed by atoms with van der Waals surface area (Å²) >= 11 is 0. The Morgan fingerprint density at radius 3 is 2.83 bits per heavy atom. The Morgan fingerprint density at radius 2 is 2.17 bits per heavy atom. The molecule has 2 aromatic rings. The van der Waals surface area contributed by atoms with Gasteiger partial charge in [-0.2, -0.15) is 5.10 Å². The molecule has 1 amide bonds. The van der Waals surface area contributed by atoms with Crippen molar-refractivity contribution < 1.29 is 9.53 Å². The van der Waals surface area contributed by atoms with Crippen LogP contribution in [0.1, 0.15) is 42.3 Å². The molecule has 0 saturated carbocycles. The van der Waals surface area contributed by atoms with Gasteiger partial charge in [0, 0.05) is 37.3 Å². The highest BCUT2D eigenvalue weighted by Crippen LogP contribution is 2.24. The molecule has 0 radical (unpaired) electrons. The number of amides is 1. The monoisotopic (exact) mass is 315 g/mol. The van der Waals surface area contributed by atoms with Gasteiger partial charge in [0.05, 0.1) is 6.20 Å². The summed E-state index contributed by atoms with van der Waals surface area (Å²) in [6.07, 6.45) is 10.3. The van der Waals surface area contributed by atoms with Crippen LogP contribution in [0, 0.1) is 6.92 Å². The average molecular weight is 315 g/mol. The molecule has 3 rings (SSSR count). The summed E-state index contributed by atoms with van der Waals surface area (Å²) in [4.78, 5) is 20.6. The summed E-state index contributed by atoms with van der Waals surface area (Å²) < 4.78 is 7.28. The minimum Gasteiger partial charge on any atom is -0.370 e. The SMILES string of the molecule is Cc1cnn(CC(=O)NCc2cnc(C3CCCCO3)nc2)c1. The van der Waals surface area contributed by atoms with E-state index in [-0.39, 0.29) is 18.6 Å². The summed E-state index contributed by atoms with van der Waals surface area (Å²) in [5.74, 6) is 0.639. The maximum atomic E-state index is 11.9. The summed E-state index contributed by atoms with van der Waals surface area (Å²) in [7, 11) is 0. The molecule has 23 heavy (non-hydrogen) atoms. The van der Waals surface area contributed by atoms with Crippen LogP contribution in [0.3, 0.4) is 0 Å². The smallest absolute Gasteiger partial charge is 0.241 e. The van der Waals surface area contributed by atoms with Crippen molar-refractivity contribution in [2.45, 2.75) is 45.4 Å². The molecular weight excluding hydrogens is 294 g/mol. The molecule has 1 saturated heterocycles. The van der Waals surface area contributed by atoms with Crippen LogP contribution in [0.4, 0.5) is 0 Å². The van der Waals surface area contributed by atoms with Gasteiger partial charge in [-0.3, -0.25) is 9.48 Å². The Hall–Kier alpha value is -2.28. The van der Waals surface area contributed by atoms with E-state index >= 15 is 0 Å². The number of carbonyl (C=O) groups excluding carboxylic acids is 1. The first-order valence-electron chi connectivity index (χ1n) is 7.89. The first-order chi connectivity index (χ1) is 11.2. The fourth-order valence-corrected chi connectivity index (χ4v) is 2.52. The van der Waals surface area contributed by atoms with Gasteiger partial charge in [-0.1, -0.05) is 0 Å². The van der Waals surface area contributed by atoms with Gasteiger partial charge < -0.3 is 10.1 Å². The molecule has 3 heterocycles. The van der Waals surface area contributed by atoms with Crippen molar-refractivity contribution in [2.24, 2.45) is 0 Å². The van der Waals surface area contributed by atoms with E-state index in [1.54, 1.807) is 23.3 Å². The zero-order valence-electron chi connectivity index (χ0n) is 13.2. The maximum Gasteiger partial charge on any atom is 0.241 e. The van der Waals surface area contributed by atoms with Gasteiger partial charge in [0.15, 0.2) is 5.82 Å². The van der Waals surface area contributed by atoms with Crippen molar-refractivity contribution in [1.29, 1.82) is 0 Å². The number of nitrogens with one attached hydrogen (secondary N) is 1. The topological polar surface area (TPSA) is 81.9 Å². The fraction of sp³-hybridized carbons (Fsp3) is 0.500. The lowest BCUT2D eigenvalue weighted by molar-refractivity contribution is -0.122. The summed E-state index contributed by atoms with van der Waals surface area (Å²) in [5.41, 5.74) is 1.90. The molecule has 7 nitrogen and oxygen atoms in total. The van der Waals surface area contributed by atoms with E-state index in [0.717, 1.165) is 42.8 Å². The van der Waals surface area contributed by atoms with Gasteiger partial charge in [0.25, 0.3) is 0 Å². The molecule has 0 aliphatic carbocycles. The van der Waals surface area contributed by atoms with E-state index < -0.39 is 0 Å². The number of nitrogens with zero attached hydrogens (tertiary/aromatic N) is 4. The summed E-state index contributed by atoms with van der Waals surface area (Å²) in [5, 5.41) is 6.94. The first-order valence-corrected chi connectivity index (χ1v) is 7.89. The van der Waals surface area contributed by atoms with Crippen molar-refractivity contribution in [2.75, 3.05) is 6.61 Å². The fourth-order valence-electron chi connectivity index (χ4n) is 2.52. The third-order valence-corrected chi connectivity index (χ3v) is 3.75. The highest BCUT2D eigenvalue weighted by molar-refractivity contribution is 5.75. The van der Waals surface area contributed by atoms with E-state index in [1.807, 2.05) is 13.1 Å². The van der Waals surface area contributed by atoms with E-state index in [1.165, 1.54) is 0 Å². The number of hydrogen-bond acceptors (Lipinski definition) is 5. The van der Waals surface area contributed by atoms with E-state index in [0.29, 0.717) is 6.54 Å². The zero-order valence-corrected chi connectivity index (χ0v) is 13.2. The van der Waals surface area contributed by atoms with Gasteiger partial charge in [-0.05, 0) is 31.7 Å². The molecule has 1 aliphatic heterocycles. The van der Waals surface area contributed by atoms with Gasteiger partial charge in [0.1, 0.15) is 12.6 Å². The number of carbonyl (C=O) groups is 1. The molecule has 122 valence electrons. The van der Waals surface area contributed by atoms with Crippen LogP contribution < -0.4 is 5.32 Å². The highest BCUT2D eigenvalue weighted by Gasteiger charge is 2.18. The number of hydrogen-bond donors (Lipinski definition) is 1. The van der Waals surface area contributed by atoms with Crippen molar-refractivity contribution >= 4 is 5.91 Å². The summed E-state index contributed by atoms with van der Waals surface area (Å²) in [6, 6.07) is 0. The van der Waals surface area contributed by atoms with E-state index in [4.69, 9.17) is 4.74 Å². The first kappa shape index (κ1) is 15.6. The van der Waals surface area contributed by atoms with Gasteiger partial charge in [0.2, 0.25) is 5.91 Å². The van der Waals surface area contributed by atoms with Gasteiger partial charge >= 0.3 is 0 Å². The van der Waals surface area contributed by atoms with Crippen LogP contribution in [0.2, 0.25) is 0 Å². The van der Waals surface area contributed by atoms with Crippen LogP contribution in [0.5, 0.6) is 0 Å². The predicted molar refractivity (Wildman–Crippen MR) is 83.4 cm³/mol. The predicted octanol–water partition coefficient (Wildman–Crippen LogP) is 1.54. The molecule has 0 spiro atoms. The standard InChI is InChI=1S/C16H21N5O2/c1-12-6-20-21(10-12)11-15(22)17-7-13-8-18-16(19-9-13)14-4-2-3-5-23-14/h6,8-10,14H,2-5,7,11H2,1H3,(H,17,22). The molecule has 1 aliphatic rings. The molecule has 1 atom stereocenters.